The highest BCUT2D eigenvalue weighted by Gasteiger charge is 2.25. The Kier molecular flexibility index (Phi) is 14.3. The van der Waals surface area contributed by atoms with E-state index in [0.29, 0.717) is 19.3 Å². The molecule has 0 aromatic heterocycles. The maximum absolute atomic E-state index is 5.51. The second-order valence-electron chi connectivity index (χ2n) is 7.14. The van der Waals surface area contributed by atoms with E-state index in [1.807, 2.05) is 7.05 Å². The number of unbranched alkanes of at least 4 members (excludes halogenated alkanes) is 1. The maximum atomic E-state index is 5.51. The van der Waals surface area contributed by atoms with E-state index in [2.05, 4.69) is 57.4 Å². The molecule has 29 heavy (non-hydrogen) atoms. The number of guanidine groups is 1. The smallest absolute Gasteiger partial charge is 0.193 e. The molecule has 0 spiro atoms. The van der Waals surface area contributed by atoms with Crippen LogP contribution in [0.25, 0.3) is 0 Å². The van der Waals surface area contributed by atoms with Crippen LogP contribution in [0.4, 0.5) is 0 Å². The van der Waals surface area contributed by atoms with Crippen LogP contribution in [0, 0.1) is 0 Å². The fourth-order valence-electron chi connectivity index (χ4n) is 3.73. The largest absolute Gasteiger partial charge is 0.382 e. The predicted octanol–water partition coefficient (Wildman–Crippen LogP) is 3.39. The summed E-state index contributed by atoms with van der Waals surface area (Å²) in [4.78, 5) is 9.47. The molecule has 0 aliphatic carbocycles. The Morgan fingerprint density at radius 1 is 1.07 bits per heavy atom. The maximum Gasteiger partial charge on any atom is 0.193 e. The molecular weight excluding hydrogens is 479 g/mol. The van der Waals surface area contributed by atoms with E-state index >= 15 is 0 Å². The Hall–Kier alpha value is -0.900. The summed E-state index contributed by atoms with van der Waals surface area (Å²) in [6, 6.07) is 11.4. The van der Waals surface area contributed by atoms with Gasteiger partial charge in [-0.25, -0.2) is 0 Å². The second kappa shape index (κ2) is 15.9. The molecule has 1 aromatic rings. The summed E-state index contributed by atoms with van der Waals surface area (Å²) in [6.07, 6.45) is 3.28. The van der Waals surface area contributed by atoms with Gasteiger partial charge in [0.05, 0.1) is 13.2 Å². The Morgan fingerprint density at radius 2 is 1.79 bits per heavy atom. The van der Waals surface area contributed by atoms with Crippen LogP contribution in [0.3, 0.4) is 0 Å². The minimum absolute atomic E-state index is 0. The number of rotatable bonds is 11. The lowest BCUT2D eigenvalue weighted by molar-refractivity contribution is 0.0689. The topological polar surface area (TPSA) is 49.3 Å². The Labute approximate surface area is 194 Å². The Bertz CT molecular complexity index is 551. The van der Waals surface area contributed by atoms with E-state index in [0.717, 1.165) is 64.6 Å². The number of nitrogens with one attached hydrogen (secondary N) is 1. The van der Waals surface area contributed by atoms with E-state index in [4.69, 9.17) is 9.47 Å². The van der Waals surface area contributed by atoms with Crippen LogP contribution in [-0.2, 0) is 9.47 Å². The first-order chi connectivity index (χ1) is 13.8. The van der Waals surface area contributed by atoms with Gasteiger partial charge < -0.3 is 19.7 Å². The molecule has 2 rings (SSSR count). The number of hydrogen-bond acceptors (Lipinski definition) is 4. The van der Waals surface area contributed by atoms with E-state index in [-0.39, 0.29) is 24.0 Å². The number of halogens is 1. The third kappa shape index (κ3) is 9.19. The van der Waals surface area contributed by atoms with Crippen LogP contribution in [0.1, 0.15) is 37.8 Å². The van der Waals surface area contributed by atoms with Crippen LogP contribution >= 0.6 is 24.0 Å². The first-order valence-corrected chi connectivity index (χ1v) is 10.6. The summed E-state index contributed by atoms with van der Waals surface area (Å²) < 4.78 is 10.5. The second-order valence-corrected chi connectivity index (χ2v) is 7.14. The number of aliphatic imine (C=N–C) groups is 1. The van der Waals surface area contributed by atoms with Crippen LogP contribution in [0.5, 0.6) is 0 Å². The van der Waals surface area contributed by atoms with Crippen molar-refractivity contribution in [1.29, 1.82) is 0 Å². The van der Waals surface area contributed by atoms with Gasteiger partial charge in [0.1, 0.15) is 0 Å². The molecule has 1 aliphatic heterocycles. The molecule has 0 bridgehead atoms. The van der Waals surface area contributed by atoms with E-state index in [1.54, 1.807) is 7.11 Å². The molecule has 7 heteroatoms. The van der Waals surface area contributed by atoms with Crippen molar-refractivity contribution in [2.24, 2.45) is 4.99 Å². The van der Waals surface area contributed by atoms with Gasteiger partial charge >= 0.3 is 0 Å². The van der Waals surface area contributed by atoms with Crippen molar-refractivity contribution in [3.63, 3.8) is 0 Å². The molecule has 1 unspecified atom stereocenters. The fourth-order valence-corrected chi connectivity index (χ4v) is 3.73. The van der Waals surface area contributed by atoms with E-state index in [1.165, 1.54) is 5.56 Å². The SMILES string of the molecule is CCC(c1ccccc1)N1CCN(C(=NC)NCCCCOCCOC)CC1.I. The van der Waals surface area contributed by atoms with Gasteiger partial charge in [-0.05, 0) is 24.8 Å². The number of nitrogens with zero attached hydrogens (tertiary/aromatic N) is 3. The zero-order valence-corrected chi connectivity index (χ0v) is 20.6. The summed E-state index contributed by atoms with van der Waals surface area (Å²) in [6.45, 7) is 9.53. The molecule has 1 N–H and O–H groups in total. The lowest BCUT2D eigenvalue weighted by atomic mass is 10.0. The lowest BCUT2D eigenvalue weighted by Crippen LogP contribution is -2.53. The Balaban J connectivity index is 0.00000420. The zero-order valence-electron chi connectivity index (χ0n) is 18.3. The zero-order chi connectivity index (χ0) is 20.0. The van der Waals surface area contributed by atoms with Crippen LogP contribution in [0.2, 0.25) is 0 Å². The first kappa shape index (κ1) is 26.1. The molecule has 1 atom stereocenters. The highest BCUT2D eigenvalue weighted by molar-refractivity contribution is 14.0. The van der Waals surface area contributed by atoms with E-state index in [9.17, 15) is 0 Å². The number of hydrogen-bond donors (Lipinski definition) is 1. The van der Waals surface area contributed by atoms with Crippen molar-refractivity contribution >= 4 is 29.9 Å². The number of ether oxygens (including phenoxy) is 2. The average Bonchev–Trinajstić information content (AvgIpc) is 2.75. The monoisotopic (exact) mass is 518 g/mol. The van der Waals surface area contributed by atoms with Crippen molar-refractivity contribution in [3.05, 3.63) is 35.9 Å². The molecule has 1 fully saturated rings. The fraction of sp³-hybridized carbons (Fsp3) is 0.682. The molecule has 0 amide bonds. The average molecular weight is 518 g/mol. The molecule has 1 saturated heterocycles. The van der Waals surface area contributed by atoms with Crippen molar-refractivity contribution in [2.75, 3.05) is 66.7 Å². The van der Waals surface area contributed by atoms with Crippen molar-refractivity contribution in [2.45, 2.75) is 32.2 Å². The quantitative estimate of drug-likeness (QED) is 0.211. The number of piperazine rings is 1. The van der Waals surface area contributed by atoms with Gasteiger partial charge in [-0.15, -0.1) is 24.0 Å². The standard InChI is InChI=1S/C22H38N4O2.HI/c1-4-21(20-10-6-5-7-11-20)25-13-15-26(16-14-25)22(23-2)24-12-8-9-17-28-19-18-27-3;/h5-7,10-11,21H,4,8-9,12-19H2,1-3H3,(H,23,24);1H. The number of benzene rings is 1. The summed E-state index contributed by atoms with van der Waals surface area (Å²) >= 11 is 0. The van der Waals surface area contributed by atoms with Crippen LogP contribution in [-0.4, -0.2) is 82.5 Å². The minimum Gasteiger partial charge on any atom is -0.382 e. The van der Waals surface area contributed by atoms with Gasteiger partial charge in [0.25, 0.3) is 0 Å². The first-order valence-electron chi connectivity index (χ1n) is 10.6. The van der Waals surface area contributed by atoms with E-state index < -0.39 is 0 Å². The van der Waals surface area contributed by atoms with Gasteiger partial charge in [0, 0.05) is 59.5 Å². The molecular formula is C22H39IN4O2. The van der Waals surface area contributed by atoms with Gasteiger partial charge in [-0.2, -0.15) is 0 Å². The van der Waals surface area contributed by atoms with Gasteiger partial charge in [-0.3, -0.25) is 9.89 Å². The van der Waals surface area contributed by atoms with Crippen molar-refractivity contribution < 1.29 is 9.47 Å². The van der Waals surface area contributed by atoms with Crippen LogP contribution < -0.4 is 5.32 Å². The van der Waals surface area contributed by atoms with Crippen molar-refractivity contribution in [1.82, 2.24) is 15.1 Å². The third-order valence-corrected chi connectivity index (χ3v) is 5.27. The van der Waals surface area contributed by atoms with Gasteiger partial charge in [0.15, 0.2) is 5.96 Å². The highest BCUT2D eigenvalue weighted by atomic mass is 127. The van der Waals surface area contributed by atoms with Gasteiger partial charge in [0.2, 0.25) is 0 Å². The Morgan fingerprint density at radius 3 is 2.41 bits per heavy atom. The van der Waals surface area contributed by atoms with Gasteiger partial charge in [-0.1, -0.05) is 37.3 Å². The lowest BCUT2D eigenvalue weighted by Gasteiger charge is -2.40. The summed E-state index contributed by atoms with van der Waals surface area (Å²) in [7, 11) is 3.57. The molecule has 6 nitrogen and oxygen atoms in total. The molecule has 1 aliphatic rings. The number of methoxy groups -OCH3 is 1. The van der Waals surface area contributed by atoms with Crippen LogP contribution in [0.15, 0.2) is 35.3 Å². The highest BCUT2D eigenvalue weighted by Crippen LogP contribution is 2.25. The molecule has 1 aromatic carbocycles. The normalized spacial score (nSPS) is 16.4. The summed E-state index contributed by atoms with van der Waals surface area (Å²) in [5.41, 5.74) is 1.42. The summed E-state index contributed by atoms with van der Waals surface area (Å²) in [5, 5.41) is 3.51. The molecule has 166 valence electrons. The molecule has 0 radical (unpaired) electrons. The predicted molar refractivity (Wildman–Crippen MR) is 131 cm³/mol. The molecule has 0 saturated carbocycles. The minimum atomic E-state index is 0. The third-order valence-electron chi connectivity index (χ3n) is 5.27. The summed E-state index contributed by atoms with van der Waals surface area (Å²) in [5.74, 6) is 1.02. The molecule has 1 heterocycles. The van der Waals surface area contributed by atoms with Crippen molar-refractivity contribution in [3.8, 4) is 0 Å².